The Morgan fingerprint density at radius 2 is 1.89 bits per heavy atom. The van der Waals surface area contributed by atoms with Crippen LogP contribution in [0.25, 0.3) is 5.69 Å². The molecule has 28 heavy (non-hydrogen) atoms. The molecule has 0 saturated heterocycles. The van der Waals surface area contributed by atoms with Gasteiger partial charge in [-0.05, 0) is 24.3 Å². The van der Waals surface area contributed by atoms with Gasteiger partial charge >= 0.3 is 0 Å². The average Bonchev–Trinajstić information content (AvgIpc) is 3.08. The quantitative estimate of drug-likeness (QED) is 0.687. The third kappa shape index (κ3) is 3.08. The van der Waals surface area contributed by atoms with Crippen molar-refractivity contribution < 1.29 is 17.9 Å². The van der Waals surface area contributed by atoms with Gasteiger partial charge in [-0.1, -0.05) is 12.1 Å². The molecular weight excluding hydrogens is 382 g/mol. The molecule has 0 spiro atoms. The molecule has 0 saturated carbocycles. The highest BCUT2D eigenvalue weighted by Crippen LogP contribution is 2.33. The smallest absolute Gasteiger partial charge is 0.262 e. The van der Waals surface area contributed by atoms with E-state index in [1.165, 1.54) is 23.0 Å². The fourth-order valence-corrected chi connectivity index (χ4v) is 3.86. The van der Waals surface area contributed by atoms with Crippen LogP contribution in [-0.2, 0) is 10.0 Å². The third-order valence-electron chi connectivity index (χ3n) is 4.13. The first-order valence-corrected chi connectivity index (χ1v) is 9.73. The van der Waals surface area contributed by atoms with Crippen LogP contribution in [0.4, 0.5) is 11.5 Å². The highest BCUT2D eigenvalue weighted by Gasteiger charge is 2.21. The molecular formula is C18H15N5O4S. The normalized spacial score (nSPS) is 13.0. The number of hydrogen-bond donors (Lipinski definition) is 2. The molecule has 0 bridgehead atoms. The molecule has 1 aliphatic rings. The Labute approximate surface area is 161 Å². The van der Waals surface area contributed by atoms with E-state index in [-0.39, 0.29) is 22.0 Å². The van der Waals surface area contributed by atoms with Crippen LogP contribution in [-0.4, -0.2) is 31.4 Å². The predicted molar refractivity (Wildman–Crippen MR) is 101 cm³/mol. The molecule has 2 aromatic carbocycles. The zero-order chi connectivity index (χ0) is 19.7. The maximum atomic E-state index is 12.9. The van der Waals surface area contributed by atoms with Gasteiger partial charge in [-0.2, -0.15) is 10.4 Å². The van der Waals surface area contributed by atoms with Gasteiger partial charge in [-0.25, -0.2) is 13.1 Å². The van der Waals surface area contributed by atoms with E-state index >= 15 is 0 Å². The minimum absolute atomic E-state index is 0.0257. The van der Waals surface area contributed by atoms with Crippen molar-refractivity contribution in [1.82, 2.24) is 9.78 Å². The van der Waals surface area contributed by atoms with Crippen molar-refractivity contribution in [2.24, 2.45) is 0 Å². The van der Waals surface area contributed by atoms with Crippen LogP contribution in [0.1, 0.15) is 5.56 Å². The molecule has 4 rings (SSSR count). The van der Waals surface area contributed by atoms with E-state index in [1.807, 2.05) is 6.07 Å². The molecule has 1 aromatic heterocycles. The molecule has 0 radical (unpaired) electrons. The van der Waals surface area contributed by atoms with Crippen LogP contribution in [0.15, 0.2) is 53.6 Å². The number of nitrogen functional groups attached to an aromatic ring is 1. The van der Waals surface area contributed by atoms with Gasteiger partial charge in [0.15, 0.2) is 11.5 Å². The summed E-state index contributed by atoms with van der Waals surface area (Å²) in [6, 6.07) is 13.0. The van der Waals surface area contributed by atoms with Crippen LogP contribution in [0.5, 0.6) is 11.5 Å². The molecule has 9 nitrogen and oxygen atoms in total. The van der Waals surface area contributed by atoms with Gasteiger partial charge in [-0.15, -0.1) is 0 Å². The van der Waals surface area contributed by atoms with Crippen molar-refractivity contribution in [2.45, 2.75) is 4.90 Å². The second-order valence-electron chi connectivity index (χ2n) is 5.90. The number of nitrogens with one attached hydrogen (secondary N) is 1. The summed E-state index contributed by atoms with van der Waals surface area (Å²) in [5.74, 6) is 0.991. The van der Waals surface area contributed by atoms with E-state index in [2.05, 4.69) is 9.82 Å². The van der Waals surface area contributed by atoms with E-state index < -0.39 is 10.0 Å². The number of aromatic nitrogens is 2. The zero-order valence-corrected chi connectivity index (χ0v) is 15.3. The van der Waals surface area contributed by atoms with Crippen LogP contribution < -0.4 is 19.9 Å². The summed E-state index contributed by atoms with van der Waals surface area (Å²) in [6.07, 6.45) is 1.32. The fourth-order valence-electron chi connectivity index (χ4n) is 2.78. The van der Waals surface area contributed by atoms with E-state index in [1.54, 1.807) is 30.3 Å². The molecule has 0 fully saturated rings. The maximum Gasteiger partial charge on any atom is 0.262 e. The van der Waals surface area contributed by atoms with E-state index in [9.17, 15) is 8.42 Å². The summed E-state index contributed by atoms with van der Waals surface area (Å²) in [7, 11) is -3.92. The van der Waals surface area contributed by atoms with Crippen molar-refractivity contribution in [3.05, 3.63) is 54.2 Å². The number of rotatable bonds is 4. The molecule has 0 unspecified atom stereocenters. The molecule has 3 N–H and O–H groups in total. The SMILES string of the molecule is N#Cc1cnn(-c2ccccc2NS(=O)(=O)c2ccc3c(c2)OCCO3)c1N. The molecule has 0 amide bonds. The van der Waals surface area contributed by atoms with Crippen LogP contribution >= 0.6 is 0 Å². The Morgan fingerprint density at radius 1 is 1.14 bits per heavy atom. The predicted octanol–water partition coefficient (Wildman–Crippen LogP) is 1.90. The second kappa shape index (κ2) is 6.79. The first-order chi connectivity index (χ1) is 13.5. The molecule has 10 heteroatoms. The van der Waals surface area contributed by atoms with Gasteiger partial charge in [0.05, 0.1) is 22.5 Å². The van der Waals surface area contributed by atoms with Gasteiger partial charge in [0.25, 0.3) is 10.0 Å². The highest BCUT2D eigenvalue weighted by molar-refractivity contribution is 7.92. The number of ether oxygens (including phenoxy) is 2. The topological polar surface area (TPSA) is 132 Å². The number of para-hydroxylation sites is 2. The van der Waals surface area contributed by atoms with E-state index in [0.717, 1.165) is 0 Å². The Kier molecular flexibility index (Phi) is 4.29. The number of hydrogen-bond acceptors (Lipinski definition) is 7. The third-order valence-corrected chi connectivity index (χ3v) is 5.49. The van der Waals surface area contributed by atoms with Crippen molar-refractivity contribution in [3.8, 4) is 23.3 Å². The monoisotopic (exact) mass is 397 g/mol. The van der Waals surface area contributed by atoms with Gasteiger partial charge in [0.1, 0.15) is 30.7 Å². The number of nitrogens with zero attached hydrogens (tertiary/aromatic N) is 3. The van der Waals surface area contributed by atoms with Crippen molar-refractivity contribution in [1.29, 1.82) is 5.26 Å². The summed E-state index contributed by atoms with van der Waals surface area (Å²) in [6.45, 7) is 0.771. The average molecular weight is 397 g/mol. The van der Waals surface area contributed by atoms with Gasteiger partial charge < -0.3 is 15.2 Å². The standard InChI is InChI=1S/C18H15N5O4S/c19-10-12-11-21-23(18(12)20)15-4-2-1-3-14(15)22-28(24,25)13-5-6-16-17(9-13)27-8-7-26-16/h1-6,9,11,22H,7-8,20H2. The Morgan fingerprint density at radius 3 is 2.64 bits per heavy atom. The number of nitriles is 1. The summed E-state index contributed by atoms with van der Waals surface area (Å²) in [5.41, 5.74) is 6.79. The molecule has 3 aromatic rings. The summed E-state index contributed by atoms with van der Waals surface area (Å²) in [5, 5.41) is 13.1. The molecule has 142 valence electrons. The maximum absolute atomic E-state index is 12.9. The minimum atomic E-state index is -3.92. The lowest BCUT2D eigenvalue weighted by atomic mass is 10.2. The van der Waals surface area contributed by atoms with E-state index in [0.29, 0.717) is 30.4 Å². The van der Waals surface area contributed by atoms with Gasteiger partial charge in [0, 0.05) is 6.07 Å². The number of sulfonamides is 1. The van der Waals surface area contributed by atoms with Crippen LogP contribution in [0.3, 0.4) is 0 Å². The van der Waals surface area contributed by atoms with E-state index in [4.69, 9.17) is 20.5 Å². The first-order valence-electron chi connectivity index (χ1n) is 8.25. The Hall–Kier alpha value is -3.71. The number of benzene rings is 2. The van der Waals surface area contributed by atoms with Gasteiger partial charge in [0.2, 0.25) is 0 Å². The minimum Gasteiger partial charge on any atom is -0.486 e. The summed E-state index contributed by atoms with van der Waals surface area (Å²) in [4.78, 5) is 0.0257. The van der Waals surface area contributed by atoms with Crippen LogP contribution in [0, 0.1) is 11.3 Å². The fraction of sp³-hybridized carbons (Fsp3) is 0.111. The van der Waals surface area contributed by atoms with Crippen LogP contribution in [0.2, 0.25) is 0 Å². The lowest BCUT2D eigenvalue weighted by Crippen LogP contribution is -2.18. The second-order valence-corrected chi connectivity index (χ2v) is 7.58. The lowest BCUT2D eigenvalue weighted by molar-refractivity contribution is 0.171. The zero-order valence-electron chi connectivity index (χ0n) is 14.5. The number of nitrogens with two attached hydrogens (primary N) is 1. The van der Waals surface area contributed by atoms with Crippen molar-refractivity contribution in [2.75, 3.05) is 23.7 Å². The Bertz CT molecular complexity index is 1200. The molecule has 1 aliphatic heterocycles. The Balaban J connectivity index is 1.71. The number of anilines is 2. The first kappa shape index (κ1) is 17.7. The molecule has 2 heterocycles. The number of fused-ring (bicyclic) bond motifs is 1. The summed E-state index contributed by atoms with van der Waals surface area (Å²) < 4.78 is 40.5. The molecule has 0 atom stereocenters. The summed E-state index contributed by atoms with van der Waals surface area (Å²) >= 11 is 0. The van der Waals surface area contributed by atoms with Gasteiger partial charge in [-0.3, -0.25) is 4.72 Å². The molecule has 0 aliphatic carbocycles. The lowest BCUT2D eigenvalue weighted by Gasteiger charge is -2.19. The van der Waals surface area contributed by atoms with Crippen molar-refractivity contribution in [3.63, 3.8) is 0 Å². The highest BCUT2D eigenvalue weighted by atomic mass is 32.2. The largest absolute Gasteiger partial charge is 0.486 e. The van der Waals surface area contributed by atoms with Crippen molar-refractivity contribution >= 4 is 21.5 Å².